The first-order valence-electron chi connectivity index (χ1n) is 6.85. The molecule has 0 bridgehead atoms. The summed E-state index contributed by atoms with van der Waals surface area (Å²) in [6.07, 6.45) is 6.78. The highest BCUT2D eigenvalue weighted by Gasteiger charge is 2.20. The largest absolute Gasteiger partial charge is 0.481 e. The standard InChI is InChI=1S/C14H23N3O/c1-10(12-7-5-4-6-8-12)15-13-9-14(18-3)17-11(2)16-13/h9-10,12H,4-8H2,1-3H3,(H,15,16,17). The molecule has 18 heavy (non-hydrogen) atoms. The van der Waals surface area contributed by atoms with Gasteiger partial charge in [-0.25, -0.2) is 4.98 Å². The predicted molar refractivity (Wildman–Crippen MR) is 73.0 cm³/mol. The van der Waals surface area contributed by atoms with Crippen LogP contribution in [0, 0.1) is 12.8 Å². The SMILES string of the molecule is COc1cc(NC(C)C2CCCCC2)nc(C)n1. The topological polar surface area (TPSA) is 47.0 Å². The summed E-state index contributed by atoms with van der Waals surface area (Å²) in [5, 5.41) is 3.50. The Labute approximate surface area is 109 Å². The van der Waals surface area contributed by atoms with E-state index in [4.69, 9.17) is 4.74 Å². The monoisotopic (exact) mass is 249 g/mol. The van der Waals surface area contributed by atoms with Crippen molar-refractivity contribution in [2.75, 3.05) is 12.4 Å². The lowest BCUT2D eigenvalue weighted by atomic mass is 9.84. The molecule has 4 heteroatoms. The van der Waals surface area contributed by atoms with Crippen molar-refractivity contribution in [3.63, 3.8) is 0 Å². The van der Waals surface area contributed by atoms with Crippen LogP contribution in [-0.2, 0) is 0 Å². The molecule has 1 aromatic heterocycles. The van der Waals surface area contributed by atoms with Crippen LogP contribution in [0.4, 0.5) is 5.82 Å². The Hall–Kier alpha value is -1.32. The van der Waals surface area contributed by atoms with Gasteiger partial charge in [-0.05, 0) is 32.6 Å². The highest BCUT2D eigenvalue weighted by molar-refractivity contribution is 5.39. The van der Waals surface area contributed by atoms with E-state index in [1.165, 1.54) is 32.1 Å². The number of methoxy groups -OCH3 is 1. The zero-order valence-electron chi connectivity index (χ0n) is 11.6. The molecule has 0 radical (unpaired) electrons. The minimum absolute atomic E-state index is 0.462. The van der Waals surface area contributed by atoms with Gasteiger partial charge in [0.15, 0.2) is 0 Å². The van der Waals surface area contributed by atoms with Gasteiger partial charge < -0.3 is 10.1 Å². The quantitative estimate of drug-likeness (QED) is 0.890. The molecule has 100 valence electrons. The number of rotatable bonds is 4. The van der Waals surface area contributed by atoms with Crippen LogP contribution in [0.1, 0.15) is 44.9 Å². The Morgan fingerprint density at radius 3 is 2.67 bits per heavy atom. The highest BCUT2D eigenvalue weighted by Crippen LogP contribution is 2.28. The molecule has 1 heterocycles. The number of nitrogens with one attached hydrogen (secondary N) is 1. The zero-order chi connectivity index (χ0) is 13.0. The van der Waals surface area contributed by atoms with Gasteiger partial charge in [0.25, 0.3) is 0 Å². The van der Waals surface area contributed by atoms with Gasteiger partial charge in [0.1, 0.15) is 11.6 Å². The zero-order valence-corrected chi connectivity index (χ0v) is 11.6. The third-order valence-electron chi connectivity index (χ3n) is 3.76. The minimum Gasteiger partial charge on any atom is -0.481 e. The molecule has 0 aliphatic heterocycles. The molecule has 1 fully saturated rings. The Kier molecular flexibility index (Phi) is 4.39. The van der Waals surface area contributed by atoms with Crippen LogP contribution in [0.25, 0.3) is 0 Å². The van der Waals surface area contributed by atoms with Gasteiger partial charge >= 0.3 is 0 Å². The molecule has 1 aliphatic rings. The molecular formula is C14H23N3O. The number of anilines is 1. The van der Waals surface area contributed by atoms with Gasteiger partial charge in [0.05, 0.1) is 7.11 Å². The van der Waals surface area contributed by atoms with E-state index in [9.17, 15) is 0 Å². The van der Waals surface area contributed by atoms with E-state index in [1.54, 1.807) is 7.11 Å². The van der Waals surface area contributed by atoms with Gasteiger partial charge in [-0.1, -0.05) is 19.3 Å². The Bertz CT molecular complexity index is 389. The highest BCUT2D eigenvalue weighted by atomic mass is 16.5. The second-order valence-corrected chi connectivity index (χ2v) is 5.17. The molecule has 0 amide bonds. The molecular weight excluding hydrogens is 226 g/mol. The second-order valence-electron chi connectivity index (χ2n) is 5.17. The third kappa shape index (κ3) is 3.34. The normalized spacial score (nSPS) is 18.4. The number of ether oxygens (including phenoxy) is 1. The molecule has 1 N–H and O–H groups in total. The Morgan fingerprint density at radius 2 is 2.00 bits per heavy atom. The number of hydrogen-bond donors (Lipinski definition) is 1. The smallest absolute Gasteiger partial charge is 0.218 e. The van der Waals surface area contributed by atoms with Gasteiger partial charge in [-0.2, -0.15) is 4.98 Å². The summed E-state index contributed by atoms with van der Waals surface area (Å²) < 4.78 is 5.17. The summed E-state index contributed by atoms with van der Waals surface area (Å²) in [5.74, 6) is 3.01. The number of nitrogens with zero attached hydrogens (tertiary/aromatic N) is 2. The molecule has 4 nitrogen and oxygen atoms in total. The van der Waals surface area contributed by atoms with E-state index in [0.29, 0.717) is 11.9 Å². The number of aryl methyl sites for hydroxylation is 1. The fraction of sp³-hybridized carbons (Fsp3) is 0.714. The summed E-state index contributed by atoms with van der Waals surface area (Å²) in [5.41, 5.74) is 0. The van der Waals surface area contributed by atoms with Crippen molar-refractivity contribution in [3.05, 3.63) is 11.9 Å². The van der Waals surface area contributed by atoms with Crippen LogP contribution >= 0.6 is 0 Å². The second kappa shape index (κ2) is 6.03. The average Bonchev–Trinajstić information content (AvgIpc) is 2.39. The molecule has 0 aromatic carbocycles. The van der Waals surface area contributed by atoms with Crippen LogP contribution in [0.5, 0.6) is 5.88 Å². The maximum Gasteiger partial charge on any atom is 0.218 e. The fourth-order valence-corrected chi connectivity index (χ4v) is 2.70. The first-order chi connectivity index (χ1) is 8.69. The lowest BCUT2D eigenvalue weighted by Gasteiger charge is -2.28. The molecule has 1 atom stereocenters. The molecule has 1 aromatic rings. The van der Waals surface area contributed by atoms with Crippen molar-refractivity contribution in [2.45, 2.75) is 52.0 Å². The summed E-state index contributed by atoms with van der Waals surface area (Å²) >= 11 is 0. The maximum absolute atomic E-state index is 5.17. The summed E-state index contributed by atoms with van der Waals surface area (Å²) in [6.45, 7) is 4.14. The van der Waals surface area contributed by atoms with Gasteiger partial charge in [-0.15, -0.1) is 0 Å². The van der Waals surface area contributed by atoms with Crippen molar-refractivity contribution in [2.24, 2.45) is 5.92 Å². The van der Waals surface area contributed by atoms with Gasteiger partial charge in [0, 0.05) is 12.1 Å². The van der Waals surface area contributed by atoms with Crippen molar-refractivity contribution in [3.8, 4) is 5.88 Å². The fourth-order valence-electron chi connectivity index (χ4n) is 2.70. The molecule has 1 unspecified atom stereocenters. The van der Waals surface area contributed by atoms with Crippen molar-refractivity contribution in [1.82, 2.24) is 9.97 Å². The van der Waals surface area contributed by atoms with E-state index in [-0.39, 0.29) is 0 Å². The van der Waals surface area contributed by atoms with Crippen LogP contribution in [0.3, 0.4) is 0 Å². The van der Waals surface area contributed by atoms with Crippen LogP contribution in [0.2, 0.25) is 0 Å². The molecule has 0 spiro atoms. The molecule has 2 rings (SSSR count). The van der Waals surface area contributed by atoms with E-state index < -0.39 is 0 Å². The minimum atomic E-state index is 0.462. The Balaban J connectivity index is 2.01. The van der Waals surface area contributed by atoms with E-state index in [0.717, 1.165) is 17.6 Å². The maximum atomic E-state index is 5.17. The predicted octanol–water partition coefficient (Wildman–Crippen LogP) is 3.17. The average molecular weight is 249 g/mol. The van der Waals surface area contributed by atoms with Crippen molar-refractivity contribution >= 4 is 5.82 Å². The molecule has 1 aliphatic carbocycles. The lowest BCUT2D eigenvalue weighted by Crippen LogP contribution is -2.28. The van der Waals surface area contributed by atoms with E-state index in [2.05, 4.69) is 22.2 Å². The van der Waals surface area contributed by atoms with Gasteiger partial charge in [-0.3, -0.25) is 0 Å². The molecule has 1 saturated carbocycles. The summed E-state index contributed by atoms with van der Waals surface area (Å²) in [7, 11) is 1.64. The first kappa shape index (κ1) is 13.1. The van der Waals surface area contributed by atoms with Crippen LogP contribution in [-0.4, -0.2) is 23.1 Å². The van der Waals surface area contributed by atoms with E-state index >= 15 is 0 Å². The van der Waals surface area contributed by atoms with Crippen LogP contribution < -0.4 is 10.1 Å². The number of hydrogen-bond acceptors (Lipinski definition) is 4. The molecule has 0 saturated heterocycles. The summed E-state index contributed by atoms with van der Waals surface area (Å²) in [6, 6.07) is 2.33. The van der Waals surface area contributed by atoms with Crippen molar-refractivity contribution < 1.29 is 4.74 Å². The third-order valence-corrected chi connectivity index (χ3v) is 3.76. The van der Waals surface area contributed by atoms with Crippen LogP contribution in [0.15, 0.2) is 6.07 Å². The summed E-state index contributed by atoms with van der Waals surface area (Å²) in [4.78, 5) is 8.61. The number of aromatic nitrogens is 2. The first-order valence-corrected chi connectivity index (χ1v) is 6.85. The van der Waals surface area contributed by atoms with Crippen molar-refractivity contribution in [1.29, 1.82) is 0 Å². The lowest BCUT2D eigenvalue weighted by molar-refractivity contribution is 0.328. The van der Waals surface area contributed by atoms with Gasteiger partial charge in [0.2, 0.25) is 5.88 Å². The van der Waals surface area contributed by atoms with E-state index in [1.807, 2.05) is 13.0 Å². The Morgan fingerprint density at radius 1 is 1.28 bits per heavy atom.